The van der Waals surface area contributed by atoms with Gasteiger partial charge in [-0.05, 0) is 44.6 Å². The Balaban J connectivity index is 1.82. The van der Waals surface area contributed by atoms with Gasteiger partial charge in [-0.15, -0.1) is 0 Å². The van der Waals surface area contributed by atoms with Crippen molar-refractivity contribution in [2.24, 2.45) is 0 Å². The standard InChI is InChI=1S/C14H17N3O3/c1-15-6-4-11(5-7-15)16-9-10-2-3-12(17(19)20)8-13(10)14(16)18/h2-3,8,11H,4-7,9H2,1H3. The first-order valence-corrected chi connectivity index (χ1v) is 6.83. The number of likely N-dealkylation sites (tertiary alicyclic amines) is 1. The highest BCUT2D eigenvalue weighted by Crippen LogP contribution is 2.30. The third-order valence-corrected chi connectivity index (χ3v) is 4.27. The summed E-state index contributed by atoms with van der Waals surface area (Å²) in [5, 5.41) is 10.8. The van der Waals surface area contributed by atoms with Gasteiger partial charge in [0.25, 0.3) is 11.6 Å². The van der Waals surface area contributed by atoms with E-state index in [1.807, 2.05) is 4.90 Å². The van der Waals surface area contributed by atoms with Crippen LogP contribution < -0.4 is 0 Å². The average Bonchev–Trinajstić information content (AvgIpc) is 2.76. The van der Waals surface area contributed by atoms with Gasteiger partial charge >= 0.3 is 0 Å². The molecule has 0 saturated carbocycles. The van der Waals surface area contributed by atoms with E-state index in [0.717, 1.165) is 31.5 Å². The molecule has 20 heavy (non-hydrogen) atoms. The lowest BCUT2D eigenvalue weighted by Crippen LogP contribution is -2.43. The van der Waals surface area contributed by atoms with Crippen molar-refractivity contribution in [3.05, 3.63) is 39.4 Å². The van der Waals surface area contributed by atoms with Gasteiger partial charge in [-0.2, -0.15) is 0 Å². The second-order valence-electron chi connectivity index (χ2n) is 5.57. The summed E-state index contributed by atoms with van der Waals surface area (Å²) in [5.74, 6) is -0.0572. The minimum absolute atomic E-state index is 0.0117. The summed E-state index contributed by atoms with van der Waals surface area (Å²) in [6, 6.07) is 4.85. The highest BCUT2D eigenvalue weighted by atomic mass is 16.6. The van der Waals surface area contributed by atoms with Crippen LogP contribution in [0.1, 0.15) is 28.8 Å². The largest absolute Gasteiger partial charge is 0.331 e. The Labute approximate surface area is 117 Å². The van der Waals surface area contributed by atoms with Gasteiger partial charge in [-0.3, -0.25) is 14.9 Å². The number of fused-ring (bicyclic) bond motifs is 1. The number of amides is 1. The Morgan fingerprint density at radius 2 is 2.00 bits per heavy atom. The highest BCUT2D eigenvalue weighted by molar-refractivity contribution is 5.99. The first-order valence-electron chi connectivity index (χ1n) is 6.83. The number of non-ortho nitro benzene ring substituents is 1. The van der Waals surface area contributed by atoms with Crippen LogP contribution in [0.2, 0.25) is 0 Å². The smallest absolute Gasteiger partial charge is 0.270 e. The quantitative estimate of drug-likeness (QED) is 0.608. The Bertz CT molecular complexity index is 565. The van der Waals surface area contributed by atoms with Gasteiger partial charge in [0.05, 0.1) is 10.5 Å². The van der Waals surface area contributed by atoms with Crippen molar-refractivity contribution in [1.82, 2.24) is 9.80 Å². The molecule has 106 valence electrons. The van der Waals surface area contributed by atoms with E-state index in [9.17, 15) is 14.9 Å². The summed E-state index contributed by atoms with van der Waals surface area (Å²) in [6.07, 6.45) is 1.94. The normalized spacial score (nSPS) is 20.2. The first kappa shape index (κ1) is 13.1. The van der Waals surface area contributed by atoms with Crippen molar-refractivity contribution in [3.8, 4) is 0 Å². The molecule has 0 aromatic heterocycles. The Hall–Kier alpha value is -1.95. The van der Waals surface area contributed by atoms with Crippen molar-refractivity contribution in [3.63, 3.8) is 0 Å². The van der Waals surface area contributed by atoms with Gasteiger partial charge in [0.1, 0.15) is 0 Å². The molecule has 0 bridgehead atoms. The molecule has 1 aromatic rings. The van der Waals surface area contributed by atoms with Crippen LogP contribution in [0.15, 0.2) is 18.2 Å². The molecule has 0 unspecified atom stereocenters. The number of benzene rings is 1. The molecular weight excluding hydrogens is 258 g/mol. The molecule has 0 aliphatic carbocycles. The number of nitro groups is 1. The number of hydrogen-bond acceptors (Lipinski definition) is 4. The van der Waals surface area contributed by atoms with Crippen molar-refractivity contribution in [2.45, 2.75) is 25.4 Å². The van der Waals surface area contributed by atoms with Crippen LogP contribution in [0.5, 0.6) is 0 Å². The average molecular weight is 275 g/mol. The zero-order chi connectivity index (χ0) is 14.3. The number of carbonyl (C=O) groups is 1. The van der Waals surface area contributed by atoms with Crippen molar-refractivity contribution < 1.29 is 9.72 Å². The molecule has 1 aromatic carbocycles. The van der Waals surface area contributed by atoms with Crippen LogP contribution in [0.4, 0.5) is 5.69 Å². The molecule has 0 atom stereocenters. The monoisotopic (exact) mass is 275 g/mol. The van der Waals surface area contributed by atoms with E-state index >= 15 is 0 Å². The summed E-state index contributed by atoms with van der Waals surface area (Å²) in [4.78, 5) is 26.9. The maximum Gasteiger partial charge on any atom is 0.270 e. The number of carbonyl (C=O) groups excluding carboxylic acids is 1. The molecule has 1 amide bonds. The minimum Gasteiger partial charge on any atom is -0.331 e. The second kappa shape index (κ2) is 4.86. The van der Waals surface area contributed by atoms with Crippen LogP contribution in [-0.4, -0.2) is 46.8 Å². The van der Waals surface area contributed by atoms with E-state index in [2.05, 4.69) is 11.9 Å². The van der Waals surface area contributed by atoms with Crippen LogP contribution in [0.3, 0.4) is 0 Å². The van der Waals surface area contributed by atoms with Gasteiger partial charge < -0.3 is 9.80 Å². The first-order chi connectivity index (χ1) is 9.56. The summed E-state index contributed by atoms with van der Waals surface area (Å²) < 4.78 is 0. The molecule has 6 heteroatoms. The second-order valence-corrected chi connectivity index (χ2v) is 5.57. The van der Waals surface area contributed by atoms with E-state index in [0.29, 0.717) is 12.1 Å². The van der Waals surface area contributed by atoms with E-state index in [1.165, 1.54) is 12.1 Å². The van der Waals surface area contributed by atoms with Gasteiger partial charge in [-0.1, -0.05) is 0 Å². The summed E-state index contributed by atoms with van der Waals surface area (Å²) >= 11 is 0. The molecule has 0 radical (unpaired) electrons. The molecule has 1 saturated heterocycles. The number of piperidine rings is 1. The van der Waals surface area contributed by atoms with E-state index in [1.54, 1.807) is 6.07 Å². The van der Waals surface area contributed by atoms with Crippen molar-refractivity contribution >= 4 is 11.6 Å². The fourth-order valence-corrected chi connectivity index (χ4v) is 3.03. The van der Waals surface area contributed by atoms with Gasteiger partial charge in [-0.25, -0.2) is 0 Å². The molecule has 0 N–H and O–H groups in total. The Morgan fingerprint density at radius 1 is 1.30 bits per heavy atom. The number of hydrogen-bond donors (Lipinski definition) is 0. The van der Waals surface area contributed by atoms with E-state index in [-0.39, 0.29) is 17.6 Å². The van der Waals surface area contributed by atoms with Crippen LogP contribution >= 0.6 is 0 Å². The number of nitro benzene ring substituents is 1. The third-order valence-electron chi connectivity index (χ3n) is 4.27. The molecular formula is C14H17N3O3. The van der Waals surface area contributed by atoms with Crippen molar-refractivity contribution in [2.75, 3.05) is 20.1 Å². The fraction of sp³-hybridized carbons (Fsp3) is 0.500. The third kappa shape index (κ3) is 2.16. The topological polar surface area (TPSA) is 66.7 Å². The lowest BCUT2D eigenvalue weighted by Gasteiger charge is -2.34. The molecule has 3 rings (SSSR count). The predicted octanol–water partition coefficient (Wildman–Crippen LogP) is 1.64. The van der Waals surface area contributed by atoms with Gasteiger partial charge in [0.15, 0.2) is 0 Å². The summed E-state index contributed by atoms with van der Waals surface area (Å²) in [7, 11) is 2.08. The molecule has 2 heterocycles. The Morgan fingerprint density at radius 3 is 2.65 bits per heavy atom. The van der Waals surface area contributed by atoms with Crippen LogP contribution in [-0.2, 0) is 6.54 Å². The molecule has 1 fully saturated rings. The minimum atomic E-state index is -0.453. The van der Waals surface area contributed by atoms with Crippen LogP contribution in [0, 0.1) is 10.1 Å². The predicted molar refractivity (Wildman–Crippen MR) is 73.5 cm³/mol. The zero-order valence-corrected chi connectivity index (χ0v) is 11.4. The molecule has 2 aliphatic rings. The van der Waals surface area contributed by atoms with E-state index in [4.69, 9.17) is 0 Å². The maximum absolute atomic E-state index is 12.4. The van der Waals surface area contributed by atoms with Gasteiger partial charge in [0.2, 0.25) is 0 Å². The fourth-order valence-electron chi connectivity index (χ4n) is 3.03. The zero-order valence-electron chi connectivity index (χ0n) is 11.4. The summed E-state index contributed by atoms with van der Waals surface area (Å²) in [5.41, 5.74) is 1.39. The lowest BCUT2D eigenvalue weighted by molar-refractivity contribution is -0.384. The van der Waals surface area contributed by atoms with Crippen LogP contribution in [0.25, 0.3) is 0 Å². The molecule has 2 aliphatic heterocycles. The Kier molecular flexibility index (Phi) is 3.17. The molecule has 0 spiro atoms. The SMILES string of the molecule is CN1CCC(N2Cc3ccc([N+](=O)[O-])cc3C2=O)CC1. The van der Waals surface area contributed by atoms with Gasteiger partial charge in [0, 0.05) is 24.7 Å². The van der Waals surface area contributed by atoms with Crippen molar-refractivity contribution in [1.29, 1.82) is 0 Å². The highest BCUT2D eigenvalue weighted by Gasteiger charge is 2.34. The number of rotatable bonds is 2. The number of nitrogens with zero attached hydrogens (tertiary/aromatic N) is 3. The maximum atomic E-state index is 12.4. The lowest BCUT2D eigenvalue weighted by atomic mass is 10.0. The summed E-state index contributed by atoms with van der Waals surface area (Å²) in [6.45, 7) is 2.57. The van der Waals surface area contributed by atoms with E-state index < -0.39 is 4.92 Å². The molecule has 6 nitrogen and oxygen atoms in total.